The number of anilines is 1. The standard InChI is InChI=1S/C19H18N6OS/c1-13-7-8-16(11-14(13)2)25-19(22-23-24-25)27-10-9-18(26)21-17-6-4-3-5-15(17)12-20/h3-8,11H,9-10H2,1-2H3,(H,21,26). The van der Waals surface area contributed by atoms with Crippen molar-refractivity contribution in [2.24, 2.45) is 0 Å². The summed E-state index contributed by atoms with van der Waals surface area (Å²) in [5.74, 6) is 0.363. The van der Waals surface area contributed by atoms with E-state index in [-0.39, 0.29) is 12.3 Å². The van der Waals surface area contributed by atoms with Crippen LogP contribution in [0.1, 0.15) is 23.1 Å². The number of para-hydroxylation sites is 1. The van der Waals surface area contributed by atoms with Gasteiger partial charge in [0.25, 0.3) is 0 Å². The van der Waals surface area contributed by atoms with Crippen molar-refractivity contribution in [2.45, 2.75) is 25.4 Å². The molecule has 3 rings (SSSR count). The molecule has 2 aromatic carbocycles. The average molecular weight is 378 g/mol. The van der Waals surface area contributed by atoms with E-state index in [1.807, 2.05) is 25.1 Å². The molecule has 0 bridgehead atoms. The maximum Gasteiger partial charge on any atom is 0.225 e. The summed E-state index contributed by atoms with van der Waals surface area (Å²) in [5.41, 5.74) is 4.22. The number of carbonyl (C=O) groups is 1. The Kier molecular flexibility index (Phi) is 5.84. The van der Waals surface area contributed by atoms with E-state index in [0.29, 0.717) is 22.2 Å². The zero-order valence-corrected chi connectivity index (χ0v) is 15.8. The first-order valence-corrected chi connectivity index (χ1v) is 9.35. The summed E-state index contributed by atoms with van der Waals surface area (Å²) in [6.07, 6.45) is 0.282. The Balaban J connectivity index is 1.60. The Labute approximate surface area is 161 Å². The van der Waals surface area contributed by atoms with Gasteiger partial charge in [0, 0.05) is 12.2 Å². The largest absolute Gasteiger partial charge is 0.325 e. The van der Waals surface area contributed by atoms with Crippen molar-refractivity contribution < 1.29 is 4.79 Å². The molecule has 0 radical (unpaired) electrons. The highest BCUT2D eigenvalue weighted by atomic mass is 32.2. The van der Waals surface area contributed by atoms with Crippen LogP contribution < -0.4 is 5.32 Å². The van der Waals surface area contributed by atoms with Crippen LogP contribution in [0.5, 0.6) is 0 Å². The molecular formula is C19H18N6OS. The lowest BCUT2D eigenvalue weighted by atomic mass is 10.1. The highest BCUT2D eigenvalue weighted by Gasteiger charge is 2.12. The third-order valence-electron chi connectivity index (χ3n) is 4.06. The summed E-state index contributed by atoms with van der Waals surface area (Å²) in [4.78, 5) is 12.2. The first-order chi connectivity index (χ1) is 13.1. The molecule has 3 aromatic rings. The second kappa shape index (κ2) is 8.47. The van der Waals surface area contributed by atoms with Gasteiger partial charge >= 0.3 is 0 Å². The molecule has 0 fully saturated rings. The maximum atomic E-state index is 12.2. The van der Waals surface area contributed by atoms with E-state index in [2.05, 4.69) is 33.8 Å². The van der Waals surface area contributed by atoms with Gasteiger partial charge in [-0.15, -0.1) is 5.10 Å². The van der Waals surface area contributed by atoms with Crippen molar-refractivity contribution >= 4 is 23.4 Å². The molecule has 0 aliphatic carbocycles. The first kappa shape index (κ1) is 18.6. The Morgan fingerprint density at radius 1 is 1.22 bits per heavy atom. The van der Waals surface area contributed by atoms with E-state index < -0.39 is 0 Å². The van der Waals surface area contributed by atoms with Gasteiger partial charge in [-0.25, -0.2) is 0 Å². The second-order valence-electron chi connectivity index (χ2n) is 5.95. The summed E-state index contributed by atoms with van der Waals surface area (Å²) in [6, 6.07) is 15.0. The fourth-order valence-corrected chi connectivity index (χ4v) is 3.25. The summed E-state index contributed by atoms with van der Waals surface area (Å²) in [5, 5.41) is 24.3. The molecule has 1 heterocycles. The van der Waals surface area contributed by atoms with Gasteiger partial charge in [-0.2, -0.15) is 9.94 Å². The molecule has 8 heteroatoms. The minimum Gasteiger partial charge on any atom is -0.325 e. The van der Waals surface area contributed by atoms with E-state index in [1.54, 1.807) is 28.9 Å². The number of benzene rings is 2. The molecule has 0 saturated carbocycles. The van der Waals surface area contributed by atoms with Crippen molar-refractivity contribution in [3.63, 3.8) is 0 Å². The number of rotatable bonds is 6. The number of aryl methyl sites for hydroxylation is 2. The van der Waals surface area contributed by atoms with Crippen molar-refractivity contribution in [3.05, 3.63) is 59.2 Å². The van der Waals surface area contributed by atoms with Gasteiger partial charge in [-0.3, -0.25) is 4.79 Å². The number of aromatic nitrogens is 4. The van der Waals surface area contributed by atoms with E-state index in [1.165, 1.54) is 17.3 Å². The molecule has 0 aliphatic heterocycles. The Morgan fingerprint density at radius 3 is 2.81 bits per heavy atom. The van der Waals surface area contributed by atoms with Crippen molar-refractivity contribution in [3.8, 4) is 11.8 Å². The fraction of sp³-hybridized carbons (Fsp3) is 0.211. The van der Waals surface area contributed by atoms with Crippen LogP contribution in [0.3, 0.4) is 0 Å². The van der Waals surface area contributed by atoms with Gasteiger partial charge < -0.3 is 5.32 Å². The maximum absolute atomic E-state index is 12.2. The number of hydrogen-bond donors (Lipinski definition) is 1. The van der Waals surface area contributed by atoms with Gasteiger partial charge in [0.2, 0.25) is 11.1 Å². The lowest BCUT2D eigenvalue weighted by Crippen LogP contribution is -2.13. The molecule has 0 spiro atoms. The van der Waals surface area contributed by atoms with Crippen LogP contribution in [-0.2, 0) is 4.79 Å². The van der Waals surface area contributed by atoms with Gasteiger partial charge in [-0.1, -0.05) is 30.0 Å². The molecule has 0 saturated heterocycles. The zero-order chi connectivity index (χ0) is 19.2. The molecule has 0 unspecified atom stereocenters. The monoisotopic (exact) mass is 378 g/mol. The summed E-state index contributed by atoms with van der Waals surface area (Å²) < 4.78 is 1.67. The van der Waals surface area contributed by atoms with Crippen LogP contribution in [0.15, 0.2) is 47.6 Å². The lowest BCUT2D eigenvalue weighted by molar-refractivity contribution is -0.115. The lowest BCUT2D eigenvalue weighted by Gasteiger charge is -2.08. The summed E-state index contributed by atoms with van der Waals surface area (Å²) in [6.45, 7) is 4.09. The van der Waals surface area contributed by atoms with Crippen molar-refractivity contribution in [1.29, 1.82) is 5.26 Å². The second-order valence-corrected chi connectivity index (χ2v) is 7.01. The number of hydrogen-bond acceptors (Lipinski definition) is 6. The molecule has 1 aromatic heterocycles. The van der Waals surface area contributed by atoms with Crippen LogP contribution in [0.2, 0.25) is 0 Å². The third kappa shape index (κ3) is 4.51. The van der Waals surface area contributed by atoms with E-state index >= 15 is 0 Å². The minimum atomic E-state index is -0.157. The van der Waals surface area contributed by atoms with Crippen molar-refractivity contribution in [1.82, 2.24) is 20.2 Å². The molecule has 136 valence electrons. The van der Waals surface area contributed by atoms with Crippen molar-refractivity contribution in [2.75, 3.05) is 11.1 Å². The Morgan fingerprint density at radius 2 is 2.04 bits per heavy atom. The molecule has 1 N–H and O–H groups in total. The summed E-state index contributed by atoms with van der Waals surface area (Å²) >= 11 is 1.41. The van der Waals surface area contributed by atoms with E-state index in [9.17, 15) is 4.79 Å². The zero-order valence-electron chi connectivity index (χ0n) is 15.0. The summed E-state index contributed by atoms with van der Waals surface area (Å²) in [7, 11) is 0. The number of thioether (sulfide) groups is 1. The third-order valence-corrected chi connectivity index (χ3v) is 4.98. The van der Waals surface area contributed by atoms with Crippen LogP contribution in [-0.4, -0.2) is 31.9 Å². The molecule has 7 nitrogen and oxygen atoms in total. The van der Waals surface area contributed by atoms with Crippen LogP contribution in [0, 0.1) is 25.2 Å². The quantitative estimate of drug-likeness (QED) is 0.661. The normalized spacial score (nSPS) is 10.4. The predicted molar refractivity (Wildman–Crippen MR) is 104 cm³/mol. The van der Waals surface area contributed by atoms with Gasteiger partial charge in [0.1, 0.15) is 6.07 Å². The molecule has 27 heavy (non-hydrogen) atoms. The number of nitrogens with one attached hydrogen (secondary N) is 1. The first-order valence-electron chi connectivity index (χ1n) is 8.36. The average Bonchev–Trinajstić information content (AvgIpc) is 3.13. The van der Waals surface area contributed by atoms with Crippen LogP contribution >= 0.6 is 11.8 Å². The van der Waals surface area contributed by atoms with Gasteiger partial charge in [0.15, 0.2) is 0 Å². The number of tetrazole rings is 1. The molecule has 1 amide bonds. The number of nitriles is 1. The topological polar surface area (TPSA) is 96.5 Å². The highest BCUT2D eigenvalue weighted by Crippen LogP contribution is 2.21. The minimum absolute atomic E-state index is 0.157. The van der Waals surface area contributed by atoms with Gasteiger partial charge in [0.05, 0.1) is 16.9 Å². The molecular weight excluding hydrogens is 360 g/mol. The predicted octanol–water partition coefficient (Wildman–Crippen LogP) is 3.27. The smallest absolute Gasteiger partial charge is 0.225 e. The highest BCUT2D eigenvalue weighted by molar-refractivity contribution is 7.99. The van der Waals surface area contributed by atoms with E-state index in [0.717, 1.165) is 11.3 Å². The SMILES string of the molecule is Cc1ccc(-n2nnnc2SCCC(=O)Nc2ccccc2C#N)cc1C. The fourth-order valence-electron chi connectivity index (χ4n) is 2.43. The Bertz CT molecular complexity index is 1010. The van der Waals surface area contributed by atoms with E-state index in [4.69, 9.17) is 5.26 Å². The molecule has 0 atom stereocenters. The Hall–Kier alpha value is -3.18. The number of carbonyl (C=O) groups excluding carboxylic acids is 1. The van der Waals surface area contributed by atoms with Crippen LogP contribution in [0.4, 0.5) is 5.69 Å². The van der Waals surface area contributed by atoms with Gasteiger partial charge in [-0.05, 0) is 59.7 Å². The number of amides is 1. The molecule has 0 aliphatic rings. The van der Waals surface area contributed by atoms with Crippen LogP contribution in [0.25, 0.3) is 5.69 Å². The number of nitrogens with zero attached hydrogens (tertiary/aromatic N) is 5.